The second-order valence-corrected chi connectivity index (χ2v) is 9.03. The van der Waals surface area contributed by atoms with Crippen LogP contribution in [0.3, 0.4) is 0 Å². The number of benzene rings is 1. The van der Waals surface area contributed by atoms with Crippen LogP contribution in [0.1, 0.15) is 37.7 Å². The first kappa shape index (κ1) is 18.2. The van der Waals surface area contributed by atoms with Crippen molar-refractivity contribution in [2.45, 2.75) is 43.4 Å². The molecule has 3 rings (SSSR count). The molecular formula is C17H21ClN2O4S. The van der Waals surface area contributed by atoms with E-state index >= 15 is 0 Å². The topological polar surface area (TPSA) is 74.8 Å². The molecule has 2 heterocycles. The van der Waals surface area contributed by atoms with E-state index in [0.717, 1.165) is 37.9 Å². The van der Waals surface area contributed by atoms with Crippen molar-refractivity contribution in [1.82, 2.24) is 4.90 Å². The molecule has 0 bridgehead atoms. The molecule has 136 valence electrons. The number of carbonyl (C=O) groups is 2. The largest absolute Gasteiger partial charge is 0.343 e. The van der Waals surface area contributed by atoms with Crippen molar-refractivity contribution in [2.75, 3.05) is 24.5 Å². The van der Waals surface area contributed by atoms with Crippen molar-refractivity contribution in [3.8, 4) is 0 Å². The molecule has 0 spiro atoms. The molecule has 25 heavy (non-hydrogen) atoms. The highest BCUT2D eigenvalue weighted by molar-refractivity contribution is 8.13. The van der Waals surface area contributed by atoms with Crippen LogP contribution >= 0.6 is 10.7 Å². The van der Waals surface area contributed by atoms with Crippen molar-refractivity contribution in [3.63, 3.8) is 0 Å². The smallest absolute Gasteiger partial charge is 0.261 e. The van der Waals surface area contributed by atoms with E-state index in [4.69, 9.17) is 10.7 Å². The number of rotatable bonds is 4. The summed E-state index contributed by atoms with van der Waals surface area (Å²) >= 11 is 0. The van der Waals surface area contributed by atoms with E-state index < -0.39 is 9.05 Å². The van der Waals surface area contributed by atoms with Crippen LogP contribution in [-0.2, 0) is 25.1 Å². The van der Waals surface area contributed by atoms with E-state index in [0.29, 0.717) is 18.7 Å². The van der Waals surface area contributed by atoms with Crippen molar-refractivity contribution >= 4 is 37.2 Å². The van der Waals surface area contributed by atoms with Gasteiger partial charge in [-0.15, -0.1) is 0 Å². The molecule has 0 aliphatic carbocycles. The zero-order chi connectivity index (χ0) is 18.0. The quantitative estimate of drug-likeness (QED) is 0.746. The fourth-order valence-electron chi connectivity index (χ4n) is 3.44. The molecule has 0 unspecified atom stereocenters. The van der Waals surface area contributed by atoms with Gasteiger partial charge in [0.15, 0.2) is 0 Å². The van der Waals surface area contributed by atoms with E-state index in [1.165, 1.54) is 12.1 Å². The SMILES string of the molecule is O=C(CCC(=O)N1CCc2cc(S(=O)(=O)Cl)ccc21)N1CCCCC1. The van der Waals surface area contributed by atoms with E-state index in [9.17, 15) is 18.0 Å². The van der Waals surface area contributed by atoms with Gasteiger partial charge in [-0.25, -0.2) is 8.42 Å². The summed E-state index contributed by atoms with van der Waals surface area (Å²) in [6.07, 6.45) is 4.20. The van der Waals surface area contributed by atoms with Gasteiger partial charge in [0, 0.05) is 48.8 Å². The van der Waals surface area contributed by atoms with E-state index in [1.807, 2.05) is 4.90 Å². The van der Waals surface area contributed by atoms with E-state index in [-0.39, 0.29) is 29.6 Å². The Hall–Kier alpha value is -1.60. The third-order valence-electron chi connectivity index (χ3n) is 4.79. The zero-order valence-corrected chi connectivity index (χ0v) is 15.5. The first-order valence-corrected chi connectivity index (χ1v) is 10.8. The van der Waals surface area contributed by atoms with Crippen LogP contribution in [0.2, 0.25) is 0 Å². The van der Waals surface area contributed by atoms with Gasteiger partial charge in [-0.05, 0) is 49.4 Å². The second kappa shape index (κ2) is 7.33. The van der Waals surface area contributed by atoms with E-state index in [2.05, 4.69) is 0 Å². The molecule has 2 amide bonds. The Balaban J connectivity index is 1.62. The monoisotopic (exact) mass is 384 g/mol. The third kappa shape index (κ3) is 4.15. The highest BCUT2D eigenvalue weighted by Gasteiger charge is 2.27. The van der Waals surface area contributed by atoms with Crippen molar-refractivity contribution in [2.24, 2.45) is 0 Å². The summed E-state index contributed by atoms with van der Waals surface area (Å²) in [4.78, 5) is 28.2. The van der Waals surface area contributed by atoms with Crippen LogP contribution in [-0.4, -0.2) is 44.8 Å². The van der Waals surface area contributed by atoms with Gasteiger partial charge in [-0.3, -0.25) is 9.59 Å². The van der Waals surface area contributed by atoms with Gasteiger partial charge >= 0.3 is 0 Å². The lowest BCUT2D eigenvalue weighted by molar-refractivity contribution is -0.133. The number of hydrogen-bond donors (Lipinski definition) is 0. The Morgan fingerprint density at radius 1 is 1.00 bits per heavy atom. The fraction of sp³-hybridized carbons (Fsp3) is 0.529. The molecule has 0 N–H and O–H groups in total. The number of anilines is 1. The number of piperidine rings is 1. The minimum atomic E-state index is -3.78. The van der Waals surface area contributed by atoms with Crippen LogP contribution in [0.5, 0.6) is 0 Å². The lowest BCUT2D eigenvalue weighted by atomic mass is 10.1. The van der Waals surface area contributed by atoms with Gasteiger partial charge in [0.25, 0.3) is 9.05 Å². The van der Waals surface area contributed by atoms with Gasteiger partial charge < -0.3 is 9.80 Å². The standard InChI is InChI=1S/C17H21ClN2O4S/c18-25(23,24)14-4-5-15-13(12-14)8-11-20(15)17(22)7-6-16(21)19-9-2-1-3-10-19/h4-5,12H,1-3,6-11H2. The average Bonchev–Trinajstić information content (AvgIpc) is 3.02. The molecule has 1 aromatic rings. The Morgan fingerprint density at radius 3 is 2.36 bits per heavy atom. The molecule has 2 aliphatic rings. The highest BCUT2D eigenvalue weighted by Crippen LogP contribution is 2.31. The van der Waals surface area contributed by atoms with Crippen molar-refractivity contribution in [3.05, 3.63) is 23.8 Å². The predicted molar refractivity (Wildman–Crippen MR) is 95.2 cm³/mol. The number of carbonyl (C=O) groups excluding carboxylic acids is 2. The summed E-state index contributed by atoms with van der Waals surface area (Å²) in [6, 6.07) is 4.54. The number of nitrogens with zero attached hydrogens (tertiary/aromatic N) is 2. The van der Waals surface area contributed by atoms with Crippen molar-refractivity contribution in [1.29, 1.82) is 0 Å². The van der Waals surface area contributed by atoms with Gasteiger partial charge in [-0.1, -0.05) is 0 Å². The number of fused-ring (bicyclic) bond motifs is 1. The molecule has 0 saturated carbocycles. The molecule has 1 saturated heterocycles. The summed E-state index contributed by atoms with van der Waals surface area (Å²) in [6.45, 7) is 2.07. The normalized spacial score (nSPS) is 17.5. The molecular weight excluding hydrogens is 364 g/mol. The molecule has 2 aliphatic heterocycles. The van der Waals surface area contributed by atoms with Gasteiger partial charge in [-0.2, -0.15) is 0 Å². The Bertz CT molecular complexity index is 788. The third-order valence-corrected chi connectivity index (χ3v) is 6.14. The Labute approximate surface area is 152 Å². The summed E-state index contributed by atoms with van der Waals surface area (Å²) in [5.74, 6) is -0.0679. The first-order valence-electron chi connectivity index (χ1n) is 8.52. The molecule has 0 radical (unpaired) electrons. The highest BCUT2D eigenvalue weighted by atomic mass is 35.7. The van der Waals surface area contributed by atoms with Gasteiger partial charge in [0.05, 0.1) is 4.90 Å². The minimum Gasteiger partial charge on any atom is -0.343 e. The van der Waals surface area contributed by atoms with Crippen LogP contribution < -0.4 is 4.90 Å². The maximum absolute atomic E-state index is 12.5. The molecule has 1 aromatic carbocycles. The van der Waals surface area contributed by atoms with Crippen molar-refractivity contribution < 1.29 is 18.0 Å². The second-order valence-electron chi connectivity index (χ2n) is 6.47. The lowest BCUT2D eigenvalue weighted by Crippen LogP contribution is -2.37. The predicted octanol–water partition coefficient (Wildman–Crippen LogP) is 2.30. The molecule has 8 heteroatoms. The maximum atomic E-state index is 12.5. The van der Waals surface area contributed by atoms with Gasteiger partial charge in [0.1, 0.15) is 0 Å². The summed E-state index contributed by atoms with van der Waals surface area (Å²) in [5.41, 5.74) is 1.50. The summed E-state index contributed by atoms with van der Waals surface area (Å²) in [5, 5.41) is 0. The number of halogens is 1. The van der Waals surface area contributed by atoms with Crippen LogP contribution in [0, 0.1) is 0 Å². The Morgan fingerprint density at radius 2 is 1.68 bits per heavy atom. The number of amides is 2. The molecule has 1 fully saturated rings. The minimum absolute atomic E-state index is 0.0380. The first-order chi connectivity index (χ1) is 11.9. The van der Waals surface area contributed by atoms with Crippen LogP contribution in [0.25, 0.3) is 0 Å². The van der Waals surface area contributed by atoms with E-state index in [1.54, 1.807) is 11.0 Å². The molecule has 0 aromatic heterocycles. The molecule has 0 atom stereocenters. The number of likely N-dealkylation sites (tertiary alicyclic amines) is 1. The summed E-state index contributed by atoms with van der Waals surface area (Å²) in [7, 11) is 1.59. The lowest BCUT2D eigenvalue weighted by Gasteiger charge is -2.27. The number of hydrogen-bond acceptors (Lipinski definition) is 4. The maximum Gasteiger partial charge on any atom is 0.261 e. The Kier molecular flexibility index (Phi) is 5.34. The zero-order valence-electron chi connectivity index (χ0n) is 13.9. The van der Waals surface area contributed by atoms with Crippen LogP contribution in [0.4, 0.5) is 5.69 Å². The van der Waals surface area contributed by atoms with Gasteiger partial charge in [0.2, 0.25) is 11.8 Å². The van der Waals surface area contributed by atoms with Crippen LogP contribution in [0.15, 0.2) is 23.1 Å². The average molecular weight is 385 g/mol. The molecule has 6 nitrogen and oxygen atoms in total. The fourth-order valence-corrected chi connectivity index (χ4v) is 4.24. The summed E-state index contributed by atoms with van der Waals surface area (Å²) < 4.78 is 22.8.